The van der Waals surface area contributed by atoms with Crippen LogP contribution in [0.25, 0.3) is 16.5 Å². The summed E-state index contributed by atoms with van der Waals surface area (Å²) in [4.78, 5) is 6.33. The standard InChI is InChI=1S/C31H46N2O/c1-8-11-27(20-24(7)23(6)9-2)31-30(22(4)5)28-21-26(12-13-29(28)32-31)25-14-16-33(17-15-25)18-19-34-10-3/h8,11-13,20-23,25,32H,1,9-10,14-19H2,2-7H3/b24-20-,27-11+. The largest absolute Gasteiger partial charge is 0.380 e. The van der Waals surface area contributed by atoms with Gasteiger partial charge in [-0.2, -0.15) is 0 Å². The summed E-state index contributed by atoms with van der Waals surface area (Å²) in [7, 11) is 0. The molecule has 0 bridgehead atoms. The Hall–Kier alpha value is -2.10. The molecule has 1 fully saturated rings. The van der Waals surface area contributed by atoms with Gasteiger partial charge in [0.05, 0.1) is 6.61 Å². The van der Waals surface area contributed by atoms with Gasteiger partial charge in [0.1, 0.15) is 0 Å². The topological polar surface area (TPSA) is 28.3 Å². The normalized spacial score (nSPS) is 17.6. The Morgan fingerprint density at radius 1 is 1.21 bits per heavy atom. The molecule has 1 aliphatic heterocycles. The molecule has 3 heteroatoms. The highest BCUT2D eigenvalue weighted by atomic mass is 16.5. The van der Waals surface area contributed by atoms with E-state index in [1.807, 2.05) is 6.08 Å². The molecule has 2 aromatic rings. The van der Waals surface area contributed by atoms with Crippen molar-refractivity contribution in [3.63, 3.8) is 0 Å². The van der Waals surface area contributed by atoms with E-state index in [-0.39, 0.29) is 0 Å². The zero-order chi connectivity index (χ0) is 24.7. The monoisotopic (exact) mass is 462 g/mol. The van der Waals surface area contributed by atoms with Crippen LogP contribution < -0.4 is 0 Å². The number of nitrogens with one attached hydrogen (secondary N) is 1. The van der Waals surface area contributed by atoms with Crippen LogP contribution in [0.5, 0.6) is 0 Å². The van der Waals surface area contributed by atoms with Crippen LogP contribution >= 0.6 is 0 Å². The Kier molecular flexibility index (Phi) is 9.79. The van der Waals surface area contributed by atoms with Gasteiger partial charge in [-0.3, -0.25) is 0 Å². The van der Waals surface area contributed by atoms with Crippen LogP contribution in [0.3, 0.4) is 0 Å². The van der Waals surface area contributed by atoms with Crippen molar-refractivity contribution in [2.24, 2.45) is 5.92 Å². The van der Waals surface area contributed by atoms with Gasteiger partial charge in [0.25, 0.3) is 0 Å². The number of fused-ring (bicyclic) bond motifs is 1. The minimum atomic E-state index is 0.435. The highest BCUT2D eigenvalue weighted by Crippen LogP contribution is 2.37. The molecular weight excluding hydrogens is 416 g/mol. The van der Waals surface area contributed by atoms with Gasteiger partial charge in [-0.05, 0) is 92.8 Å². The van der Waals surface area contributed by atoms with Crippen molar-refractivity contribution >= 4 is 16.5 Å². The van der Waals surface area contributed by atoms with Crippen LogP contribution in [0.1, 0.15) is 89.5 Å². The van der Waals surface area contributed by atoms with E-state index in [4.69, 9.17) is 4.74 Å². The predicted octanol–water partition coefficient (Wildman–Crippen LogP) is 8.07. The number of ether oxygens (including phenoxy) is 1. The second-order valence-corrected chi connectivity index (χ2v) is 10.2. The summed E-state index contributed by atoms with van der Waals surface area (Å²) in [6, 6.07) is 7.13. The van der Waals surface area contributed by atoms with Gasteiger partial charge in [-0.1, -0.05) is 64.1 Å². The summed E-state index contributed by atoms with van der Waals surface area (Å²) in [5.41, 5.74) is 8.05. The molecule has 1 aromatic carbocycles. The third-order valence-corrected chi connectivity index (χ3v) is 7.61. The van der Waals surface area contributed by atoms with E-state index in [2.05, 4.69) is 88.4 Å². The Bertz CT molecular complexity index is 1000. The maximum atomic E-state index is 5.55. The molecule has 1 N–H and O–H groups in total. The number of piperidine rings is 1. The highest BCUT2D eigenvalue weighted by Gasteiger charge is 2.23. The molecule has 186 valence electrons. The first-order valence-corrected chi connectivity index (χ1v) is 13.4. The molecule has 0 aliphatic carbocycles. The third kappa shape index (κ3) is 6.31. The first-order chi connectivity index (χ1) is 16.4. The summed E-state index contributed by atoms with van der Waals surface area (Å²) in [6.45, 7) is 22.5. The fraction of sp³-hybridized carbons (Fsp3) is 0.548. The fourth-order valence-electron chi connectivity index (χ4n) is 5.18. The van der Waals surface area contributed by atoms with Gasteiger partial charge < -0.3 is 14.6 Å². The molecule has 0 saturated carbocycles. The highest BCUT2D eigenvalue weighted by molar-refractivity contribution is 5.92. The number of allylic oxidation sites excluding steroid dienone is 5. The zero-order valence-corrected chi connectivity index (χ0v) is 22.4. The van der Waals surface area contributed by atoms with Crippen molar-refractivity contribution in [3.8, 4) is 0 Å². The third-order valence-electron chi connectivity index (χ3n) is 7.61. The Morgan fingerprint density at radius 2 is 1.94 bits per heavy atom. The van der Waals surface area contributed by atoms with Crippen LogP contribution in [0.2, 0.25) is 0 Å². The fourth-order valence-corrected chi connectivity index (χ4v) is 5.18. The maximum absolute atomic E-state index is 5.55. The van der Waals surface area contributed by atoms with Crippen molar-refractivity contribution in [1.29, 1.82) is 0 Å². The van der Waals surface area contributed by atoms with Crippen LogP contribution in [0, 0.1) is 5.92 Å². The number of nitrogens with zero attached hydrogens (tertiary/aromatic N) is 1. The zero-order valence-electron chi connectivity index (χ0n) is 22.4. The van der Waals surface area contributed by atoms with E-state index >= 15 is 0 Å². The Morgan fingerprint density at radius 3 is 2.56 bits per heavy atom. The number of hydrogen-bond donors (Lipinski definition) is 1. The first-order valence-electron chi connectivity index (χ1n) is 13.4. The molecule has 1 aliphatic rings. The first kappa shape index (κ1) is 26.5. The molecule has 2 heterocycles. The van der Waals surface area contributed by atoms with Gasteiger partial charge in [0.2, 0.25) is 0 Å². The summed E-state index contributed by atoms with van der Waals surface area (Å²) in [5, 5.41) is 1.38. The van der Waals surface area contributed by atoms with Crippen molar-refractivity contribution in [3.05, 3.63) is 65.4 Å². The number of benzene rings is 1. The molecule has 0 spiro atoms. The van der Waals surface area contributed by atoms with Crippen LogP contribution in [-0.2, 0) is 4.74 Å². The van der Waals surface area contributed by atoms with Gasteiger partial charge in [0, 0.05) is 29.7 Å². The molecule has 1 unspecified atom stereocenters. The molecule has 1 atom stereocenters. The lowest BCUT2D eigenvalue weighted by atomic mass is 9.87. The summed E-state index contributed by atoms with van der Waals surface area (Å²) < 4.78 is 5.55. The summed E-state index contributed by atoms with van der Waals surface area (Å²) in [6.07, 6.45) is 10.0. The molecule has 1 aromatic heterocycles. The summed E-state index contributed by atoms with van der Waals surface area (Å²) >= 11 is 0. The van der Waals surface area contributed by atoms with E-state index in [9.17, 15) is 0 Å². The molecule has 0 radical (unpaired) electrons. The van der Waals surface area contributed by atoms with Crippen LogP contribution in [-0.4, -0.2) is 42.7 Å². The smallest absolute Gasteiger partial charge is 0.0593 e. The Labute approximate surface area is 208 Å². The lowest BCUT2D eigenvalue weighted by Crippen LogP contribution is -2.35. The average Bonchev–Trinajstić information content (AvgIpc) is 3.22. The van der Waals surface area contributed by atoms with E-state index in [0.717, 1.165) is 39.3 Å². The molecular formula is C31H46N2O. The van der Waals surface area contributed by atoms with E-state index in [1.54, 1.807) is 0 Å². The van der Waals surface area contributed by atoms with Crippen molar-refractivity contribution in [2.45, 2.75) is 72.6 Å². The summed E-state index contributed by atoms with van der Waals surface area (Å²) in [5.74, 6) is 1.65. The number of aromatic nitrogens is 1. The number of hydrogen-bond acceptors (Lipinski definition) is 2. The second-order valence-electron chi connectivity index (χ2n) is 10.2. The molecule has 3 nitrogen and oxygen atoms in total. The van der Waals surface area contributed by atoms with Crippen molar-refractivity contribution in [1.82, 2.24) is 9.88 Å². The van der Waals surface area contributed by atoms with E-state index < -0.39 is 0 Å². The Balaban J connectivity index is 1.91. The number of rotatable bonds is 11. The second kappa shape index (κ2) is 12.6. The van der Waals surface area contributed by atoms with Gasteiger partial charge in [-0.15, -0.1) is 0 Å². The number of H-pyrrole nitrogens is 1. The van der Waals surface area contributed by atoms with Crippen LogP contribution in [0.15, 0.2) is 48.6 Å². The molecule has 34 heavy (non-hydrogen) atoms. The van der Waals surface area contributed by atoms with Crippen LogP contribution in [0.4, 0.5) is 0 Å². The maximum Gasteiger partial charge on any atom is 0.0593 e. The van der Waals surface area contributed by atoms with Crippen molar-refractivity contribution < 1.29 is 4.74 Å². The molecule has 3 rings (SSSR count). The lowest BCUT2D eigenvalue weighted by molar-refractivity contribution is 0.102. The molecule has 1 saturated heterocycles. The minimum Gasteiger partial charge on any atom is -0.380 e. The minimum absolute atomic E-state index is 0.435. The van der Waals surface area contributed by atoms with Crippen molar-refractivity contribution in [2.75, 3.05) is 32.8 Å². The average molecular weight is 463 g/mol. The van der Waals surface area contributed by atoms with Gasteiger partial charge in [-0.25, -0.2) is 0 Å². The predicted molar refractivity (Wildman–Crippen MR) is 149 cm³/mol. The quantitative estimate of drug-likeness (QED) is 0.270. The number of aromatic amines is 1. The van der Waals surface area contributed by atoms with E-state index in [1.165, 1.54) is 51.7 Å². The van der Waals surface area contributed by atoms with Gasteiger partial charge in [0.15, 0.2) is 0 Å². The molecule has 0 amide bonds. The van der Waals surface area contributed by atoms with E-state index in [0.29, 0.717) is 17.8 Å². The lowest BCUT2D eigenvalue weighted by Gasteiger charge is -2.32. The SMILES string of the molecule is C=C/C=C(\C=C(\C)C(C)CC)c1[nH]c2ccc(C3CCN(CCOCC)CC3)cc2c1C(C)C. The number of likely N-dealkylation sites (tertiary alicyclic amines) is 1. The van der Waals surface area contributed by atoms with Gasteiger partial charge >= 0.3 is 0 Å².